The van der Waals surface area contributed by atoms with Gasteiger partial charge in [-0.15, -0.1) is 0 Å². The summed E-state index contributed by atoms with van der Waals surface area (Å²) in [7, 11) is 1.41. The first-order valence-corrected chi connectivity index (χ1v) is 13.2. The summed E-state index contributed by atoms with van der Waals surface area (Å²) in [5.74, 6) is -1.82. The number of hydrogen-bond acceptors (Lipinski definition) is 6. The fourth-order valence-electron chi connectivity index (χ4n) is 4.80. The average molecular weight is 547 g/mol. The Labute approximate surface area is 233 Å². The molecule has 3 atom stereocenters. The molecular formula is C31H34N2O7. The molecule has 4 rings (SSSR count). The van der Waals surface area contributed by atoms with Crippen LogP contribution in [0, 0.1) is 0 Å². The van der Waals surface area contributed by atoms with Crippen LogP contribution < -0.4 is 10.6 Å². The second-order valence-electron chi connectivity index (χ2n) is 9.65. The number of rotatable bonds is 13. The number of ether oxygens (including phenoxy) is 3. The van der Waals surface area contributed by atoms with Crippen LogP contribution in [-0.2, 0) is 30.4 Å². The van der Waals surface area contributed by atoms with Gasteiger partial charge >= 0.3 is 12.1 Å². The van der Waals surface area contributed by atoms with Crippen molar-refractivity contribution in [3.8, 4) is 11.1 Å². The van der Waals surface area contributed by atoms with Crippen LogP contribution >= 0.6 is 0 Å². The van der Waals surface area contributed by atoms with Gasteiger partial charge in [0, 0.05) is 19.6 Å². The Bertz CT molecular complexity index is 1270. The summed E-state index contributed by atoms with van der Waals surface area (Å²) in [5.41, 5.74) is 5.38. The third-order valence-corrected chi connectivity index (χ3v) is 6.97. The molecule has 9 nitrogen and oxygen atoms in total. The fraction of sp³-hybridized carbons (Fsp3) is 0.323. The Morgan fingerprint density at radius 1 is 0.900 bits per heavy atom. The Balaban J connectivity index is 1.24. The molecule has 1 unspecified atom stereocenters. The Morgan fingerprint density at radius 2 is 1.50 bits per heavy atom. The lowest BCUT2D eigenvalue weighted by molar-refractivity contribution is -0.147. The first-order valence-electron chi connectivity index (χ1n) is 13.2. The first-order chi connectivity index (χ1) is 19.4. The molecule has 0 fully saturated rings. The molecule has 2 amide bonds. The van der Waals surface area contributed by atoms with E-state index in [1.807, 2.05) is 66.7 Å². The van der Waals surface area contributed by atoms with Crippen molar-refractivity contribution in [2.24, 2.45) is 0 Å². The summed E-state index contributed by atoms with van der Waals surface area (Å²) in [5, 5.41) is 14.8. The molecule has 0 saturated heterocycles. The van der Waals surface area contributed by atoms with E-state index in [0.717, 1.165) is 27.8 Å². The molecular weight excluding hydrogens is 512 g/mol. The monoisotopic (exact) mass is 546 g/mol. The van der Waals surface area contributed by atoms with Crippen molar-refractivity contribution < 1.29 is 33.7 Å². The molecule has 0 aliphatic heterocycles. The number of fused-ring (bicyclic) bond motifs is 3. The van der Waals surface area contributed by atoms with E-state index in [2.05, 4.69) is 22.8 Å². The van der Waals surface area contributed by atoms with Crippen LogP contribution in [-0.4, -0.2) is 61.6 Å². The highest BCUT2D eigenvalue weighted by molar-refractivity contribution is 5.84. The quantitative estimate of drug-likeness (QED) is 0.295. The van der Waals surface area contributed by atoms with Gasteiger partial charge in [0.2, 0.25) is 5.91 Å². The molecule has 3 N–H and O–H groups in total. The molecule has 40 heavy (non-hydrogen) atoms. The summed E-state index contributed by atoms with van der Waals surface area (Å²) in [6, 6.07) is 24.2. The molecule has 3 aromatic carbocycles. The van der Waals surface area contributed by atoms with E-state index in [1.165, 1.54) is 7.11 Å². The molecule has 0 saturated carbocycles. The zero-order chi connectivity index (χ0) is 28.5. The van der Waals surface area contributed by atoms with E-state index in [9.17, 15) is 19.5 Å². The van der Waals surface area contributed by atoms with Gasteiger partial charge in [-0.25, -0.2) is 9.59 Å². The van der Waals surface area contributed by atoms with Gasteiger partial charge in [-0.05, 0) is 34.7 Å². The normalized spacial score (nSPS) is 14.3. The lowest BCUT2D eigenvalue weighted by atomic mass is 9.98. The molecule has 0 aromatic heterocycles. The van der Waals surface area contributed by atoms with Gasteiger partial charge in [0.25, 0.3) is 0 Å². The van der Waals surface area contributed by atoms with Gasteiger partial charge in [0.05, 0.1) is 25.2 Å². The van der Waals surface area contributed by atoms with Gasteiger partial charge in [0.1, 0.15) is 6.61 Å². The third-order valence-electron chi connectivity index (χ3n) is 6.97. The number of amides is 2. The lowest BCUT2D eigenvalue weighted by Crippen LogP contribution is -2.49. The highest BCUT2D eigenvalue weighted by Crippen LogP contribution is 2.44. The summed E-state index contributed by atoms with van der Waals surface area (Å²) in [6.07, 6.45) is -2.25. The molecule has 210 valence electrons. The van der Waals surface area contributed by atoms with Gasteiger partial charge in [0.15, 0.2) is 6.04 Å². The average Bonchev–Trinajstić information content (AvgIpc) is 3.29. The Kier molecular flexibility index (Phi) is 9.88. The van der Waals surface area contributed by atoms with Crippen molar-refractivity contribution in [3.05, 3.63) is 95.6 Å². The lowest BCUT2D eigenvalue weighted by Gasteiger charge is -2.23. The summed E-state index contributed by atoms with van der Waals surface area (Å²) < 4.78 is 16.5. The van der Waals surface area contributed by atoms with Crippen molar-refractivity contribution in [1.82, 2.24) is 10.6 Å². The van der Waals surface area contributed by atoms with Crippen molar-refractivity contribution in [1.29, 1.82) is 0 Å². The highest BCUT2D eigenvalue weighted by atomic mass is 16.5. The largest absolute Gasteiger partial charge is 0.480 e. The molecule has 0 heterocycles. The van der Waals surface area contributed by atoms with Gasteiger partial charge in [-0.1, -0.05) is 78.9 Å². The molecule has 9 heteroatoms. The second kappa shape index (κ2) is 13.7. The number of benzene rings is 3. The molecule has 0 bridgehead atoms. The molecule has 0 spiro atoms. The van der Waals surface area contributed by atoms with Crippen LogP contribution in [0.2, 0.25) is 0 Å². The predicted octanol–water partition coefficient (Wildman–Crippen LogP) is 4.10. The van der Waals surface area contributed by atoms with Crippen molar-refractivity contribution >= 4 is 18.0 Å². The Morgan fingerprint density at radius 3 is 2.10 bits per heavy atom. The minimum Gasteiger partial charge on any atom is -0.480 e. The summed E-state index contributed by atoms with van der Waals surface area (Å²) >= 11 is 0. The van der Waals surface area contributed by atoms with Gasteiger partial charge < -0.3 is 30.0 Å². The Hall–Kier alpha value is -4.21. The van der Waals surface area contributed by atoms with E-state index in [4.69, 9.17) is 14.2 Å². The number of carbonyl (C=O) groups excluding carboxylic acids is 2. The number of carboxylic acids is 1. The number of nitrogens with one attached hydrogen (secondary N) is 2. The van der Waals surface area contributed by atoms with Gasteiger partial charge in [-0.3, -0.25) is 4.79 Å². The standard InChI is InChI=1S/C31H34N2O7/c1-20(39-18-21-10-4-3-5-11-21)29(30(35)36)33-28(34)16-22(38-2)17-32-31(37)40-19-27-25-14-8-6-12-23(25)24-13-7-9-15-26(24)27/h3-15,20,22,27,29H,16-19H2,1-2H3,(H,32,37)(H,33,34)(H,35,36)/t20-,22?,29+/m1/s1. The van der Waals surface area contributed by atoms with Crippen molar-refractivity contribution in [3.63, 3.8) is 0 Å². The SMILES string of the molecule is COC(CNC(=O)OCC1c2ccccc2-c2ccccc21)CC(=O)N[C@H](C(=O)O)[C@@H](C)OCc1ccccc1. The van der Waals surface area contributed by atoms with Crippen LogP contribution in [0.25, 0.3) is 11.1 Å². The zero-order valence-corrected chi connectivity index (χ0v) is 22.5. The van der Waals surface area contributed by atoms with E-state index < -0.39 is 36.2 Å². The zero-order valence-electron chi connectivity index (χ0n) is 22.5. The fourth-order valence-corrected chi connectivity index (χ4v) is 4.80. The van der Waals surface area contributed by atoms with Gasteiger partial charge in [-0.2, -0.15) is 0 Å². The highest BCUT2D eigenvalue weighted by Gasteiger charge is 2.30. The van der Waals surface area contributed by atoms with Crippen molar-refractivity contribution in [2.45, 2.75) is 44.1 Å². The molecule has 3 aromatic rings. The number of alkyl carbamates (subject to hydrolysis) is 1. The number of methoxy groups -OCH3 is 1. The summed E-state index contributed by atoms with van der Waals surface area (Å²) in [6.45, 7) is 1.98. The minimum absolute atomic E-state index is 0.0123. The van der Waals surface area contributed by atoms with Crippen LogP contribution in [0.4, 0.5) is 4.79 Å². The number of carbonyl (C=O) groups is 3. The van der Waals surface area contributed by atoms with E-state index in [0.29, 0.717) is 0 Å². The number of aliphatic carboxylic acids is 1. The maximum Gasteiger partial charge on any atom is 0.407 e. The summed E-state index contributed by atoms with van der Waals surface area (Å²) in [4.78, 5) is 36.9. The number of hydrogen-bond donors (Lipinski definition) is 3. The first kappa shape index (κ1) is 28.8. The minimum atomic E-state index is -1.25. The molecule has 0 radical (unpaired) electrons. The van der Waals surface area contributed by atoms with Crippen LogP contribution in [0.1, 0.15) is 36.0 Å². The van der Waals surface area contributed by atoms with Crippen LogP contribution in [0.3, 0.4) is 0 Å². The van der Waals surface area contributed by atoms with Crippen LogP contribution in [0.5, 0.6) is 0 Å². The smallest absolute Gasteiger partial charge is 0.407 e. The van der Waals surface area contributed by atoms with E-state index in [1.54, 1.807) is 6.92 Å². The van der Waals surface area contributed by atoms with Crippen molar-refractivity contribution in [2.75, 3.05) is 20.3 Å². The maximum absolute atomic E-state index is 12.6. The van der Waals surface area contributed by atoms with E-state index in [-0.39, 0.29) is 32.1 Å². The van der Waals surface area contributed by atoms with Crippen LogP contribution in [0.15, 0.2) is 78.9 Å². The molecule has 1 aliphatic rings. The topological polar surface area (TPSA) is 123 Å². The molecule has 1 aliphatic carbocycles. The third kappa shape index (κ3) is 7.25. The van der Waals surface area contributed by atoms with E-state index >= 15 is 0 Å². The predicted molar refractivity (Wildman–Crippen MR) is 149 cm³/mol. The second-order valence-corrected chi connectivity index (χ2v) is 9.65. The maximum atomic E-state index is 12.6. The number of carboxylic acid groups (broad SMARTS) is 1.